The van der Waals surface area contributed by atoms with E-state index in [1.165, 1.54) is 0 Å². The summed E-state index contributed by atoms with van der Waals surface area (Å²) in [5.41, 5.74) is 3.36. The van der Waals surface area contributed by atoms with Crippen LogP contribution in [0.1, 0.15) is 11.1 Å². The number of pyridine rings is 2. The highest BCUT2D eigenvalue weighted by Crippen LogP contribution is 2.19. The second-order valence-electron chi connectivity index (χ2n) is 5.94. The molecule has 0 bridgehead atoms. The molecule has 0 radical (unpaired) electrons. The van der Waals surface area contributed by atoms with Crippen LogP contribution in [-0.4, -0.2) is 28.5 Å². The Bertz CT molecular complexity index is 917. The molecule has 7 nitrogen and oxygen atoms in total. The van der Waals surface area contributed by atoms with E-state index < -0.39 is 6.09 Å². The number of benzene rings is 1. The van der Waals surface area contributed by atoms with Crippen LogP contribution in [-0.2, 0) is 22.7 Å². The average Bonchev–Trinajstić information content (AvgIpc) is 2.76. The number of carbonyl (C=O) groups excluding carboxylic acids is 2. The van der Waals surface area contributed by atoms with E-state index in [1.807, 2.05) is 48.5 Å². The van der Waals surface area contributed by atoms with Crippen molar-refractivity contribution in [2.24, 2.45) is 0 Å². The quantitative estimate of drug-likeness (QED) is 0.661. The van der Waals surface area contributed by atoms with Crippen molar-refractivity contribution in [3.05, 3.63) is 84.3 Å². The van der Waals surface area contributed by atoms with Gasteiger partial charge >= 0.3 is 6.09 Å². The molecule has 2 N–H and O–H groups in total. The summed E-state index contributed by atoms with van der Waals surface area (Å²) in [6.45, 7) is 0.270. The molecule has 1 aromatic carbocycles. The maximum absolute atomic E-state index is 12.0. The molecule has 0 aliphatic heterocycles. The highest BCUT2D eigenvalue weighted by Gasteiger charge is 2.10. The number of ether oxygens (including phenoxy) is 1. The van der Waals surface area contributed by atoms with E-state index in [9.17, 15) is 9.59 Å². The number of nitrogens with one attached hydrogen (secondary N) is 2. The Labute approximate surface area is 162 Å². The number of hydrogen-bond donors (Lipinski definition) is 2. The summed E-state index contributed by atoms with van der Waals surface area (Å²) in [5.74, 6) is -0.322. The predicted molar refractivity (Wildman–Crippen MR) is 104 cm³/mol. The number of carbonyl (C=O) groups is 2. The van der Waals surface area contributed by atoms with E-state index in [0.717, 1.165) is 22.4 Å². The van der Waals surface area contributed by atoms with Gasteiger partial charge in [-0.3, -0.25) is 14.8 Å². The average molecular weight is 376 g/mol. The van der Waals surface area contributed by atoms with Crippen LogP contribution >= 0.6 is 0 Å². The molecule has 0 saturated carbocycles. The van der Waals surface area contributed by atoms with Crippen LogP contribution in [0.3, 0.4) is 0 Å². The minimum absolute atomic E-state index is 0.151. The third-order valence-electron chi connectivity index (χ3n) is 3.91. The van der Waals surface area contributed by atoms with Crippen molar-refractivity contribution in [1.82, 2.24) is 20.6 Å². The summed E-state index contributed by atoms with van der Waals surface area (Å²) in [6, 6.07) is 16.8. The molecule has 0 unspecified atom stereocenters. The lowest BCUT2D eigenvalue weighted by Gasteiger charge is -2.10. The summed E-state index contributed by atoms with van der Waals surface area (Å²) in [4.78, 5) is 32.2. The van der Waals surface area contributed by atoms with E-state index in [0.29, 0.717) is 0 Å². The van der Waals surface area contributed by atoms with Gasteiger partial charge in [-0.1, -0.05) is 36.4 Å². The van der Waals surface area contributed by atoms with E-state index >= 15 is 0 Å². The molecular weight excluding hydrogens is 356 g/mol. The zero-order valence-electron chi connectivity index (χ0n) is 15.2. The number of alkyl carbamates (subject to hydrolysis) is 1. The molecule has 0 aliphatic carbocycles. The molecule has 2 heterocycles. The maximum atomic E-state index is 12.0. The topological polar surface area (TPSA) is 93.2 Å². The molecule has 142 valence electrons. The van der Waals surface area contributed by atoms with Gasteiger partial charge in [0.05, 0.1) is 5.69 Å². The van der Waals surface area contributed by atoms with Crippen molar-refractivity contribution in [3.63, 3.8) is 0 Å². The number of hydrogen-bond acceptors (Lipinski definition) is 5. The largest absolute Gasteiger partial charge is 0.445 e. The molecule has 3 aromatic rings. The summed E-state index contributed by atoms with van der Waals surface area (Å²) < 4.78 is 5.07. The fraction of sp³-hybridized carbons (Fsp3) is 0.143. The van der Waals surface area contributed by atoms with Gasteiger partial charge in [0, 0.05) is 30.7 Å². The van der Waals surface area contributed by atoms with Crippen LogP contribution in [0.5, 0.6) is 0 Å². The van der Waals surface area contributed by atoms with E-state index in [1.54, 1.807) is 24.7 Å². The highest BCUT2D eigenvalue weighted by molar-refractivity contribution is 5.82. The summed E-state index contributed by atoms with van der Waals surface area (Å²) in [6.07, 6.45) is 4.46. The van der Waals surface area contributed by atoms with Crippen molar-refractivity contribution in [2.75, 3.05) is 6.54 Å². The molecule has 0 saturated heterocycles. The lowest BCUT2D eigenvalue weighted by Crippen LogP contribution is -2.36. The summed E-state index contributed by atoms with van der Waals surface area (Å²) in [7, 11) is 0. The minimum Gasteiger partial charge on any atom is -0.445 e. The molecular formula is C21H20N4O3. The summed E-state index contributed by atoms with van der Waals surface area (Å²) in [5, 5.41) is 5.21. The lowest BCUT2D eigenvalue weighted by atomic mass is 10.1. The van der Waals surface area contributed by atoms with Crippen LogP contribution in [0.25, 0.3) is 11.3 Å². The molecule has 0 spiro atoms. The Morgan fingerprint density at radius 3 is 2.54 bits per heavy atom. The minimum atomic E-state index is -0.642. The van der Waals surface area contributed by atoms with Gasteiger partial charge in [-0.05, 0) is 29.3 Å². The van der Waals surface area contributed by atoms with Gasteiger partial charge in [0.25, 0.3) is 0 Å². The fourth-order valence-electron chi connectivity index (χ4n) is 2.53. The number of nitrogens with zero attached hydrogens (tertiary/aromatic N) is 2. The SMILES string of the molecule is O=C(CNC(=O)OCc1ccccc1)NCc1cccnc1-c1cccnc1. The first kappa shape index (κ1) is 19.0. The third kappa shape index (κ3) is 5.63. The lowest BCUT2D eigenvalue weighted by molar-refractivity contribution is -0.120. The van der Waals surface area contributed by atoms with Gasteiger partial charge in [-0.25, -0.2) is 4.79 Å². The van der Waals surface area contributed by atoms with Crippen molar-refractivity contribution in [2.45, 2.75) is 13.2 Å². The van der Waals surface area contributed by atoms with Crippen LogP contribution in [0, 0.1) is 0 Å². The number of amides is 2. The predicted octanol–water partition coefficient (Wildman–Crippen LogP) is 2.69. The van der Waals surface area contributed by atoms with E-state index in [4.69, 9.17) is 4.74 Å². The van der Waals surface area contributed by atoms with Gasteiger partial charge in [-0.15, -0.1) is 0 Å². The molecule has 0 aliphatic rings. The van der Waals surface area contributed by atoms with Crippen LogP contribution < -0.4 is 10.6 Å². The smallest absolute Gasteiger partial charge is 0.407 e. The molecule has 2 amide bonds. The molecule has 3 rings (SSSR count). The maximum Gasteiger partial charge on any atom is 0.407 e. The Balaban J connectivity index is 1.45. The first-order chi connectivity index (χ1) is 13.7. The normalized spacial score (nSPS) is 10.1. The Kier molecular flexibility index (Phi) is 6.67. The number of rotatable bonds is 7. The standard InChI is InChI=1S/C21H20N4O3/c26-19(14-25-21(27)28-15-16-6-2-1-3-7-16)24-13-18-9-5-11-23-20(18)17-8-4-10-22-12-17/h1-12H,13-15H2,(H,24,26)(H,25,27). The van der Waals surface area contributed by atoms with E-state index in [2.05, 4.69) is 20.6 Å². The van der Waals surface area contributed by atoms with Gasteiger partial charge in [0.2, 0.25) is 5.91 Å². The van der Waals surface area contributed by atoms with Crippen molar-refractivity contribution >= 4 is 12.0 Å². The molecule has 2 aromatic heterocycles. The zero-order chi connectivity index (χ0) is 19.6. The summed E-state index contributed by atoms with van der Waals surface area (Å²) >= 11 is 0. The van der Waals surface area contributed by atoms with Gasteiger partial charge in [0.1, 0.15) is 13.2 Å². The Morgan fingerprint density at radius 1 is 0.929 bits per heavy atom. The van der Waals surface area contributed by atoms with Gasteiger partial charge in [0.15, 0.2) is 0 Å². The second kappa shape index (κ2) is 9.82. The van der Waals surface area contributed by atoms with Crippen molar-refractivity contribution in [3.8, 4) is 11.3 Å². The Hall–Kier alpha value is -3.74. The van der Waals surface area contributed by atoms with E-state index in [-0.39, 0.29) is 25.6 Å². The van der Waals surface area contributed by atoms with Crippen LogP contribution in [0.15, 0.2) is 73.2 Å². The fourth-order valence-corrected chi connectivity index (χ4v) is 2.53. The number of aromatic nitrogens is 2. The third-order valence-corrected chi connectivity index (χ3v) is 3.91. The second-order valence-corrected chi connectivity index (χ2v) is 5.94. The molecule has 28 heavy (non-hydrogen) atoms. The monoisotopic (exact) mass is 376 g/mol. The molecule has 0 fully saturated rings. The van der Waals surface area contributed by atoms with Crippen LogP contribution in [0.4, 0.5) is 4.79 Å². The highest BCUT2D eigenvalue weighted by atomic mass is 16.5. The molecule has 7 heteroatoms. The van der Waals surface area contributed by atoms with Crippen LogP contribution in [0.2, 0.25) is 0 Å². The van der Waals surface area contributed by atoms with Crippen molar-refractivity contribution < 1.29 is 14.3 Å². The molecule has 0 atom stereocenters. The van der Waals surface area contributed by atoms with Gasteiger partial charge in [-0.2, -0.15) is 0 Å². The zero-order valence-corrected chi connectivity index (χ0v) is 15.2. The first-order valence-corrected chi connectivity index (χ1v) is 8.78. The van der Waals surface area contributed by atoms with Crippen molar-refractivity contribution in [1.29, 1.82) is 0 Å². The first-order valence-electron chi connectivity index (χ1n) is 8.78. The van der Waals surface area contributed by atoms with Gasteiger partial charge < -0.3 is 15.4 Å². The Morgan fingerprint density at radius 2 is 1.75 bits per heavy atom.